The van der Waals surface area contributed by atoms with Gasteiger partial charge in [-0.1, -0.05) is 35.9 Å². The van der Waals surface area contributed by atoms with Gasteiger partial charge in [0.25, 0.3) is 0 Å². The van der Waals surface area contributed by atoms with Gasteiger partial charge in [0.1, 0.15) is 12.4 Å². The van der Waals surface area contributed by atoms with Crippen molar-refractivity contribution in [1.29, 1.82) is 0 Å². The van der Waals surface area contributed by atoms with Crippen molar-refractivity contribution in [3.63, 3.8) is 0 Å². The van der Waals surface area contributed by atoms with Crippen molar-refractivity contribution in [1.82, 2.24) is 9.55 Å². The molecule has 1 heterocycles. The summed E-state index contributed by atoms with van der Waals surface area (Å²) in [6, 6.07) is 15.0. The standard InChI is InChI=1S/C18H19ClN2O3/c19-14-7-5-13(6-8-14)11-24-12-15(23)9-21-17-4-2-1-3-16(17)20-18(21)10-22/h1-8,15,22-23H,9-12H2. The van der Waals surface area contributed by atoms with E-state index in [2.05, 4.69) is 4.98 Å². The van der Waals surface area contributed by atoms with Gasteiger partial charge in [0.2, 0.25) is 0 Å². The van der Waals surface area contributed by atoms with Crippen LogP contribution in [0, 0.1) is 0 Å². The Morgan fingerprint density at radius 1 is 1.12 bits per heavy atom. The number of hydrogen-bond donors (Lipinski definition) is 2. The maximum absolute atomic E-state index is 10.2. The van der Waals surface area contributed by atoms with Crippen LogP contribution in [0.1, 0.15) is 11.4 Å². The summed E-state index contributed by atoms with van der Waals surface area (Å²) in [5, 5.41) is 20.4. The van der Waals surface area contributed by atoms with Crippen molar-refractivity contribution in [3.8, 4) is 0 Å². The molecule has 126 valence electrons. The van der Waals surface area contributed by atoms with Crippen LogP contribution in [0.15, 0.2) is 48.5 Å². The maximum atomic E-state index is 10.2. The molecule has 1 unspecified atom stereocenters. The van der Waals surface area contributed by atoms with Gasteiger partial charge in [-0.15, -0.1) is 0 Å². The van der Waals surface area contributed by atoms with Crippen LogP contribution in [0.2, 0.25) is 5.02 Å². The summed E-state index contributed by atoms with van der Waals surface area (Å²) in [7, 11) is 0. The molecule has 0 saturated heterocycles. The Labute approximate surface area is 145 Å². The topological polar surface area (TPSA) is 67.5 Å². The van der Waals surface area contributed by atoms with Gasteiger partial charge in [0.15, 0.2) is 0 Å². The third kappa shape index (κ3) is 3.94. The van der Waals surface area contributed by atoms with Crippen LogP contribution >= 0.6 is 11.6 Å². The van der Waals surface area contributed by atoms with E-state index in [4.69, 9.17) is 16.3 Å². The molecule has 0 amide bonds. The highest BCUT2D eigenvalue weighted by Crippen LogP contribution is 2.17. The lowest BCUT2D eigenvalue weighted by Gasteiger charge is -2.14. The summed E-state index contributed by atoms with van der Waals surface area (Å²) >= 11 is 5.84. The average molecular weight is 347 g/mol. The van der Waals surface area contributed by atoms with Crippen molar-refractivity contribution in [2.75, 3.05) is 6.61 Å². The van der Waals surface area contributed by atoms with Crippen LogP contribution in [-0.2, 0) is 24.5 Å². The van der Waals surface area contributed by atoms with Gasteiger partial charge in [-0.05, 0) is 29.8 Å². The van der Waals surface area contributed by atoms with E-state index < -0.39 is 6.10 Å². The minimum absolute atomic E-state index is 0.174. The summed E-state index contributed by atoms with van der Waals surface area (Å²) in [5.41, 5.74) is 2.69. The van der Waals surface area contributed by atoms with Crippen LogP contribution in [0.25, 0.3) is 11.0 Å². The Bertz CT molecular complexity index is 802. The van der Waals surface area contributed by atoms with Crippen molar-refractivity contribution >= 4 is 22.6 Å². The van der Waals surface area contributed by atoms with Crippen LogP contribution in [-0.4, -0.2) is 32.5 Å². The molecule has 0 bridgehead atoms. The number of hydrogen-bond acceptors (Lipinski definition) is 4. The summed E-state index contributed by atoms with van der Waals surface area (Å²) in [4.78, 5) is 4.37. The van der Waals surface area contributed by atoms with Gasteiger partial charge in [0, 0.05) is 5.02 Å². The molecule has 0 aliphatic rings. The molecule has 24 heavy (non-hydrogen) atoms. The number of ether oxygens (including phenoxy) is 1. The minimum atomic E-state index is -0.694. The number of aliphatic hydroxyl groups excluding tert-OH is 2. The molecule has 2 aromatic carbocycles. The zero-order valence-electron chi connectivity index (χ0n) is 13.1. The lowest BCUT2D eigenvalue weighted by molar-refractivity contribution is 0.0201. The third-order valence-electron chi connectivity index (χ3n) is 3.76. The Kier molecular flexibility index (Phi) is 5.48. The Morgan fingerprint density at radius 3 is 2.62 bits per heavy atom. The number of imidazole rings is 1. The van der Waals surface area contributed by atoms with Crippen molar-refractivity contribution < 1.29 is 14.9 Å². The molecule has 0 radical (unpaired) electrons. The van der Waals surface area contributed by atoms with Gasteiger partial charge in [-0.25, -0.2) is 4.98 Å². The van der Waals surface area contributed by atoms with Gasteiger partial charge >= 0.3 is 0 Å². The zero-order chi connectivity index (χ0) is 16.9. The number of aliphatic hydroxyl groups is 2. The fourth-order valence-electron chi connectivity index (χ4n) is 2.61. The van der Waals surface area contributed by atoms with Crippen molar-refractivity contribution in [2.24, 2.45) is 0 Å². The number of benzene rings is 2. The molecule has 3 rings (SSSR count). The Morgan fingerprint density at radius 2 is 1.88 bits per heavy atom. The fourth-order valence-corrected chi connectivity index (χ4v) is 2.73. The van der Waals surface area contributed by atoms with E-state index in [0.717, 1.165) is 16.6 Å². The third-order valence-corrected chi connectivity index (χ3v) is 4.01. The molecule has 5 nitrogen and oxygen atoms in total. The predicted octanol–water partition coefficient (Wildman–Crippen LogP) is 2.76. The number of halogens is 1. The van der Waals surface area contributed by atoms with Gasteiger partial charge in [-0.3, -0.25) is 0 Å². The lowest BCUT2D eigenvalue weighted by Crippen LogP contribution is -2.23. The van der Waals surface area contributed by atoms with Crippen LogP contribution < -0.4 is 0 Å². The second-order valence-corrected chi connectivity index (χ2v) is 6.02. The van der Waals surface area contributed by atoms with E-state index in [1.807, 2.05) is 53.1 Å². The number of para-hydroxylation sites is 2. The van der Waals surface area contributed by atoms with E-state index in [1.165, 1.54) is 0 Å². The van der Waals surface area contributed by atoms with Crippen LogP contribution in [0.4, 0.5) is 0 Å². The van der Waals surface area contributed by atoms with Crippen molar-refractivity contribution in [2.45, 2.75) is 25.9 Å². The van der Waals surface area contributed by atoms with E-state index in [0.29, 0.717) is 24.0 Å². The number of fused-ring (bicyclic) bond motifs is 1. The van der Waals surface area contributed by atoms with E-state index in [9.17, 15) is 10.2 Å². The first-order chi connectivity index (χ1) is 11.7. The Balaban J connectivity index is 1.60. The second kappa shape index (κ2) is 7.77. The monoisotopic (exact) mass is 346 g/mol. The summed E-state index contributed by atoms with van der Waals surface area (Å²) in [6.07, 6.45) is -0.694. The minimum Gasteiger partial charge on any atom is -0.389 e. The number of aromatic nitrogens is 2. The first-order valence-corrected chi connectivity index (χ1v) is 8.10. The first-order valence-electron chi connectivity index (χ1n) is 7.72. The molecule has 0 aliphatic carbocycles. The summed E-state index contributed by atoms with van der Waals surface area (Å²) < 4.78 is 7.39. The molecule has 3 aromatic rings. The van der Waals surface area contributed by atoms with E-state index in [1.54, 1.807) is 0 Å². The Hall–Kier alpha value is -1.92. The first kappa shape index (κ1) is 16.9. The van der Waals surface area contributed by atoms with Gasteiger partial charge in [-0.2, -0.15) is 0 Å². The highest BCUT2D eigenvalue weighted by Gasteiger charge is 2.13. The van der Waals surface area contributed by atoms with Crippen LogP contribution in [0.5, 0.6) is 0 Å². The molecule has 0 saturated carbocycles. The molecule has 2 N–H and O–H groups in total. The molecule has 1 aromatic heterocycles. The molecule has 0 aliphatic heterocycles. The predicted molar refractivity (Wildman–Crippen MR) is 92.8 cm³/mol. The fraction of sp³-hybridized carbons (Fsp3) is 0.278. The molecule has 1 atom stereocenters. The highest BCUT2D eigenvalue weighted by atomic mass is 35.5. The highest BCUT2D eigenvalue weighted by molar-refractivity contribution is 6.30. The second-order valence-electron chi connectivity index (χ2n) is 5.58. The number of nitrogens with zero attached hydrogens (tertiary/aromatic N) is 2. The van der Waals surface area contributed by atoms with Crippen molar-refractivity contribution in [3.05, 3.63) is 64.9 Å². The smallest absolute Gasteiger partial charge is 0.135 e. The summed E-state index contributed by atoms with van der Waals surface area (Å²) in [5.74, 6) is 0.535. The van der Waals surface area contributed by atoms with E-state index in [-0.39, 0.29) is 13.2 Å². The maximum Gasteiger partial charge on any atom is 0.135 e. The number of rotatable bonds is 7. The zero-order valence-corrected chi connectivity index (χ0v) is 13.9. The van der Waals surface area contributed by atoms with Gasteiger partial charge < -0.3 is 19.5 Å². The normalized spacial score (nSPS) is 12.6. The lowest BCUT2D eigenvalue weighted by atomic mass is 10.2. The summed E-state index contributed by atoms with van der Waals surface area (Å²) in [6.45, 7) is 0.746. The molecular weight excluding hydrogens is 328 g/mol. The molecule has 0 spiro atoms. The van der Waals surface area contributed by atoms with Gasteiger partial charge in [0.05, 0.1) is 36.9 Å². The molecule has 0 fully saturated rings. The molecule has 6 heteroatoms. The largest absolute Gasteiger partial charge is 0.389 e. The SMILES string of the molecule is OCc1nc2ccccc2n1CC(O)COCc1ccc(Cl)cc1. The van der Waals surface area contributed by atoms with Crippen LogP contribution in [0.3, 0.4) is 0 Å². The molecular formula is C18H19ClN2O3. The quantitative estimate of drug-likeness (QED) is 0.690. The van der Waals surface area contributed by atoms with E-state index >= 15 is 0 Å². The average Bonchev–Trinajstić information content (AvgIpc) is 2.94.